The van der Waals surface area contributed by atoms with Gasteiger partial charge in [-0.15, -0.1) is 0 Å². The predicted molar refractivity (Wildman–Crippen MR) is 116 cm³/mol. The van der Waals surface area contributed by atoms with E-state index in [4.69, 9.17) is 9.47 Å². The molecule has 1 saturated heterocycles. The number of esters is 1. The smallest absolute Gasteiger partial charge is 0.338 e. The average Bonchev–Trinajstić information content (AvgIpc) is 3.40. The second kappa shape index (κ2) is 9.32. The van der Waals surface area contributed by atoms with Crippen molar-refractivity contribution in [1.29, 1.82) is 0 Å². The zero-order chi connectivity index (χ0) is 22.7. The molecule has 2 aliphatic rings. The number of rotatable bonds is 7. The Morgan fingerprint density at radius 3 is 2.66 bits per heavy atom. The molecule has 0 bridgehead atoms. The maximum absolute atomic E-state index is 12.7. The minimum atomic E-state index is -0.746. The minimum Gasteiger partial charge on any atom is -0.452 e. The molecule has 1 fully saturated rings. The second-order valence-electron chi connectivity index (χ2n) is 7.75. The third kappa shape index (κ3) is 4.40. The Balaban J connectivity index is 1.38. The van der Waals surface area contributed by atoms with Crippen molar-refractivity contribution < 1.29 is 28.7 Å². The van der Waals surface area contributed by atoms with E-state index in [1.54, 1.807) is 6.07 Å². The van der Waals surface area contributed by atoms with Crippen LogP contribution in [-0.4, -0.2) is 54.5 Å². The number of fused-ring (bicyclic) bond motifs is 1. The summed E-state index contributed by atoms with van der Waals surface area (Å²) in [5, 5.41) is 2.73. The number of nitrogens with one attached hydrogen (secondary N) is 1. The van der Waals surface area contributed by atoms with Gasteiger partial charge < -0.3 is 14.8 Å². The van der Waals surface area contributed by atoms with E-state index >= 15 is 0 Å². The van der Waals surface area contributed by atoms with Gasteiger partial charge >= 0.3 is 5.97 Å². The van der Waals surface area contributed by atoms with Crippen LogP contribution in [0, 0.1) is 0 Å². The molecule has 0 saturated carbocycles. The van der Waals surface area contributed by atoms with Crippen molar-refractivity contribution in [2.45, 2.75) is 32.3 Å². The SMILES string of the molecule is CCc1ccccc1NC(=O)COC(=O)c1ccc2c(c1)C(=O)N(C[C@@H]1CCCO1)C2=O. The van der Waals surface area contributed by atoms with Crippen molar-refractivity contribution in [3.05, 3.63) is 64.7 Å². The number of amides is 3. The van der Waals surface area contributed by atoms with Crippen molar-refractivity contribution in [1.82, 2.24) is 4.90 Å². The maximum atomic E-state index is 12.7. The summed E-state index contributed by atoms with van der Waals surface area (Å²) in [6.45, 7) is 2.34. The molecule has 0 radical (unpaired) electrons. The van der Waals surface area contributed by atoms with E-state index in [-0.39, 0.29) is 29.3 Å². The average molecular weight is 436 g/mol. The van der Waals surface area contributed by atoms with E-state index in [2.05, 4.69) is 5.32 Å². The fourth-order valence-corrected chi connectivity index (χ4v) is 3.93. The molecule has 8 nitrogen and oxygen atoms in total. The van der Waals surface area contributed by atoms with Crippen LogP contribution in [0.2, 0.25) is 0 Å². The molecule has 0 unspecified atom stereocenters. The number of carbonyl (C=O) groups is 4. The molecule has 32 heavy (non-hydrogen) atoms. The summed E-state index contributed by atoms with van der Waals surface area (Å²) < 4.78 is 10.6. The Hall–Kier alpha value is -3.52. The number of carbonyl (C=O) groups excluding carboxylic acids is 4. The van der Waals surface area contributed by atoms with Crippen molar-refractivity contribution >= 4 is 29.4 Å². The van der Waals surface area contributed by atoms with Gasteiger partial charge in [-0.1, -0.05) is 25.1 Å². The van der Waals surface area contributed by atoms with Gasteiger partial charge in [0.05, 0.1) is 29.3 Å². The van der Waals surface area contributed by atoms with Gasteiger partial charge in [0, 0.05) is 12.3 Å². The lowest BCUT2D eigenvalue weighted by atomic mass is 10.1. The largest absolute Gasteiger partial charge is 0.452 e. The third-order valence-electron chi connectivity index (χ3n) is 5.62. The summed E-state index contributed by atoms with van der Waals surface area (Å²) in [5.74, 6) is -2.06. The molecule has 1 N–H and O–H groups in total. The molecule has 2 aromatic carbocycles. The van der Waals surface area contributed by atoms with Crippen molar-refractivity contribution in [3.63, 3.8) is 0 Å². The van der Waals surface area contributed by atoms with E-state index in [0.29, 0.717) is 12.3 Å². The molecule has 8 heteroatoms. The molecule has 2 heterocycles. The van der Waals surface area contributed by atoms with E-state index < -0.39 is 30.3 Å². The van der Waals surface area contributed by atoms with Gasteiger partial charge in [0.1, 0.15) is 0 Å². The lowest BCUT2D eigenvalue weighted by Gasteiger charge is -2.17. The molecular weight excluding hydrogens is 412 g/mol. The monoisotopic (exact) mass is 436 g/mol. The quantitative estimate of drug-likeness (QED) is 0.529. The van der Waals surface area contributed by atoms with Crippen LogP contribution in [0.25, 0.3) is 0 Å². The summed E-state index contributed by atoms with van der Waals surface area (Å²) in [5.41, 5.74) is 2.15. The lowest BCUT2D eigenvalue weighted by Crippen LogP contribution is -2.36. The van der Waals surface area contributed by atoms with Crippen molar-refractivity contribution in [2.24, 2.45) is 0 Å². The van der Waals surface area contributed by atoms with Crippen LogP contribution in [0.15, 0.2) is 42.5 Å². The number of anilines is 1. The molecule has 1 atom stereocenters. The van der Waals surface area contributed by atoms with Gasteiger partial charge in [-0.25, -0.2) is 4.79 Å². The van der Waals surface area contributed by atoms with E-state index in [1.807, 2.05) is 25.1 Å². The van der Waals surface area contributed by atoms with Gasteiger partial charge in [0.2, 0.25) is 0 Å². The van der Waals surface area contributed by atoms with Gasteiger partial charge in [0.15, 0.2) is 6.61 Å². The van der Waals surface area contributed by atoms with Crippen LogP contribution in [-0.2, 0) is 20.7 Å². The number of nitrogens with zero attached hydrogens (tertiary/aromatic N) is 1. The summed E-state index contributed by atoms with van der Waals surface area (Å²) in [4.78, 5) is 51.1. The lowest BCUT2D eigenvalue weighted by molar-refractivity contribution is -0.119. The Bertz CT molecular complexity index is 1070. The molecule has 0 spiro atoms. The molecule has 0 aromatic heterocycles. The second-order valence-corrected chi connectivity index (χ2v) is 7.75. The summed E-state index contributed by atoms with van der Waals surface area (Å²) in [7, 11) is 0. The highest BCUT2D eigenvalue weighted by Gasteiger charge is 2.38. The normalized spacial score (nSPS) is 17.4. The van der Waals surface area contributed by atoms with Gasteiger partial charge in [0.25, 0.3) is 17.7 Å². The van der Waals surface area contributed by atoms with Crippen LogP contribution < -0.4 is 5.32 Å². The summed E-state index contributed by atoms with van der Waals surface area (Å²) in [6.07, 6.45) is 2.30. The summed E-state index contributed by atoms with van der Waals surface area (Å²) >= 11 is 0. The van der Waals surface area contributed by atoms with E-state index in [0.717, 1.165) is 29.7 Å². The van der Waals surface area contributed by atoms with Crippen LogP contribution in [0.3, 0.4) is 0 Å². The zero-order valence-corrected chi connectivity index (χ0v) is 17.8. The summed E-state index contributed by atoms with van der Waals surface area (Å²) in [6, 6.07) is 11.6. The Morgan fingerprint density at radius 2 is 1.91 bits per heavy atom. The van der Waals surface area contributed by atoms with Gasteiger partial charge in [-0.2, -0.15) is 0 Å². The Labute approximate surface area is 185 Å². The van der Waals surface area contributed by atoms with Crippen LogP contribution in [0.5, 0.6) is 0 Å². The first kappa shape index (κ1) is 21.7. The first-order chi connectivity index (χ1) is 15.5. The van der Waals surface area contributed by atoms with E-state index in [9.17, 15) is 19.2 Å². The number of benzene rings is 2. The first-order valence-electron chi connectivity index (χ1n) is 10.6. The standard InChI is InChI=1S/C24H24N2O6/c1-2-15-6-3-4-8-20(15)25-21(27)14-32-24(30)16-9-10-18-19(12-16)23(29)26(22(18)28)13-17-7-5-11-31-17/h3-4,6,8-10,12,17H,2,5,7,11,13-14H2,1H3,(H,25,27)/t17-/m0/s1. The van der Waals surface area contributed by atoms with Crippen LogP contribution in [0.4, 0.5) is 5.69 Å². The fourth-order valence-electron chi connectivity index (χ4n) is 3.93. The number of imide groups is 1. The molecule has 4 rings (SSSR count). The number of para-hydroxylation sites is 1. The number of aryl methyl sites for hydroxylation is 1. The maximum Gasteiger partial charge on any atom is 0.338 e. The number of ether oxygens (including phenoxy) is 2. The minimum absolute atomic E-state index is 0.102. The van der Waals surface area contributed by atoms with Crippen molar-refractivity contribution in [2.75, 3.05) is 25.1 Å². The molecule has 2 aliphatic heterocycles. The highest BCUT2D eigenvalue weighted by atomic mass is 16.5. The van der Waals surface area contributed by atoms with Crippen LogP contribution in [0.1, 0.15) is 56.4 Å². The van der Waals surface area contributed by atoms with Crippen LogP contribution >= 0.6 is 0 Å². The molecule has 2 aromatic rings. The van der Waals surface area contributed by atoms with Gasteiger partial charge in [-0.3, -0.25) is 19.3 Å². The Kier molecular flexibility index (Phi) is 6.32. The Morgan fingerprint density at radius 1 is 1.12 bits per heavy atom. The third-order valence-corrected chi connectivity index (χ3v) is 5.62. The topological polar surface area (TPSA) is 102 Å². The number of hydrogen-bond donors (Lipinski definition) is 1. The molecule has 0 aliphatic carbocycles. The van der Waals surface area contributed by atoms with Crippen molar-refractivity contribution in [3.8, 4) is 0 Å². The van der Waals surface area contributed by atoms with E-state index in [1.165, 1.54) is 18.2 Å². The highest BCUT2D eigenvalue weighted by molar-refractivity contribution is 6.22. The fraction of sp³-hybridized carbons (Fsp3) is 0.333. The highest BCUT2D eigenvalue weighted by Crippen LogP contribution is 2.26. The number of hydrogen-bond acceptors (Lipinski definition) is 6. The predicted octanol–water partition coefficient (Wildman–Crippen LogP) is 2.82. The molecule has 3 amide bonds. The molecule has 166 valence electrons. The first-order valence-corrected chi connectivity index (χ1v) is 10.6. The molecular formula is C24H24N2O6. The van der Waals surface area contributed by atoms with Gasteiger partial charge in [-0.05, 0) is 49.1 Å². The zero-order valence-electron chi connectivity index (χ0n) is 17.8.